The van der Waals surface area contributed by atoms with Crippen LogP contribution in [0, 0.1) is 0 Å². The maximum atomic E-state index is 13.2. The molecule has 2 aromatic carbocycles. The molecule has 0 spiro atoms. The van der Waals surface area contributed by atoms with Gasteiger partial charge in [-0.3, -0.25) is 14.2 Å². The summed E-state index contributed by atoms with van der Waals surface area (Å²) in [7, 11) is 1.84. The number of aryl methyl sites for hydroxylation is 2. The molecule has 4 aromatic rings. The van der Waals surface area contributed by atoms with E-state index in [0.29, 0.717) is 50.2 Å². The molecule has 1 saturated heterocycles. The molecule has 0 bridgehead atoms. The van der Waals surface area contributed by atoms with E-state index in [1.165, 1.54) is 10.9 Å². The number of fused-ring (bicyclic) bond motifs is 1. The Morgan fingerprint density at radius 1 is 1.03 bits per heavy atom. The first kappa shape index (κ1) is 23.0. The number of carbonyl (C=O) groups is 1. The Bertz CT molecular complexity index is 1390. The van der Waals surface area contributed by atoms with E-state index in [1.807, 2.05) is 77.2 Å². The summed E-state index contributed by atoms with van der Waals surface area (Å²) in [5.74, 6) is 0.766. The van der Waals surface area contributed by atoms with Crippen LogP contribution in [0.1, 0.15) is 24.8 Å². The zero-order valence-corrected chi connectivity index (χ0v) is 19.8. The molecule has 8 heteroatoms. The number of rotatable bonds is 6. The summed E-state index contributed by atoms with van der Waals surface area (Å²) in [6, 6.07) is 19.6. The van der Waals surface area contributed by atoms with Gasteiger partial charge in [0, 0.05) is 32.1 Å². The lowest BCUT2D eigenvalue weighted by Crippen LogP contribution is -2.49. The van der Waals surface area contributed by atoms with Crippen LogP contribution in [0.5, 0.6) is 0 Å². The van der Waals surface area contributed by atoms with Crippen molar-refractivity contribution in [3.05, 3.63) is 82.9 Å². The van der Waals surface area contributed by atoms with Crippen molar-refractivity contribution >= 4 is 17.1 Å². The number of hydrogen-bond donors (Lipinski definition) is 1. The summed E-state index contributed by atoms with van der Waals surface area (Å²) in [5, 5.41) is 11.2. The van der Waals surface area contributed by atoms with Gasteiger partial charge in [-0.05, 0) is 24.8 Å². The maximum absolute atomic E-state index is 13.2. The van der Waals surface area contributed by atoms with Gasteiger partial charge < -0.3 is 14.6 Å². The van der Waals surface area contributed by atoms with Crippen LogP contribution in [0.2, 0.25) is 0 Å². The zero-order valence-electron chi connectivity index (χ0n) is 19.8. The summed E-state index contributed by atoms with van der Waals surface area (Å²) in [6.45, 7) is 1.06. The van der Waals surface area contributed by atoms with Gasteiger partial charge in [-0.1, -0.05) is 60.7 Å². The van der Waals surface area contributed by atoms with E-state index in [4.69, 9.17) is 0 Å². The summed E-state index contributed by atoms with van der Waals surface area (Å²) in [4.78, 5) is 36.7. The normalized spacial score (nSPS) is 15.4. The highest BCUT2D eigenvalue weighted by molar-refractivity contribution is 5.77. The van der Waals surface area contributed by atoms with Crippen molar-refractivity contribution in [2.45, 2.75) is 37.8 Å². The number of amides is 1. The average Bonchev–Trinajstić information content (AvgIpc) is 3.23. The van der Waals surface area contributed by atoms with Crippen molar-refractivity contribution in [2.24, 2.45) is 7.05 Å². The van der Waals surface area contributed by atoms with Crippen LogP contribution in [0.15, 0.2) is 71.8 Å². The molecule has 0 radical (unpaired) electrons. The second-order valence-corrected chi connectivity index (χ2v) is 9.30. The smallest absolute Gasteiger partial charge is 0.281 e. The molecule has 180 valence electrons. The van der Waals surface area contributed by atoms with Gasteiger partial charge in [0.2, 0.25) is 5.91 Å². The fraction of sp³-hybridized carbons (Fsp3) is 0.333. The molecule has 0 saturated carbocycles. The number of hydrogen-bond acceptors (Lipinski definition) is 5. The first-order valence-corrected chi connectivity index (χ1v) is 11.9. The molecular weight excluding hydrogens is 442 g/mol. The van der Waals surface area contributed by atoms with E-state index >= 15 is 0 Å². The predicted molar refractivity (Wildman–Crippen MR) is 134 cm³/mol. The standard InChI is InChI=1S/C27H29N5O3/c1-30-24(21-10-6-3-7-11-21)29-23-25(30)28-19-32(26(23)34)18-27(35)14-16-31(17-15-27)22(33)13-12-20-8-4-2-5-9-20/h2-11,19,35H,12-18H2,1H3. The zero-order chi connectivity index (χ0) is 24.4. The Morgan fingerprint density at radius 3 is 2.37 bits per heavy atom. The minimum atomic E-state index is -1.08. The van der Waals surface area contributed by atoms with Crippen molar-refractivity contribution in [1.82, 2.24) is 24.0 Å². The van der Waals surface area contributed by atoms with E-state index in [2.05, 4.69) is 9.97 Å². The maximum Gasteiger partial charge on any atom is 0.281 e. The molecule has 1 fully saturated rings. The van der Waals surface area contributed by atoms with Gasteiger partial charge in [0.05, 0.1) is 12.1 Å². The molecule has 35 heavy (non-hydrogen) atoms. The summed E-state index contributed by atoms with van der Waals surface area (Å²) in [5.41, 5.74) is 1.49. The summed E-state index contributed by atoms with van der Waals surface area (Å²) in [6.07, 6.45) is 3.46. The third-order valence-corrected chi connectivity index (χ3v) is 6.86. The molecular formula is C27H29N5O3. The predicted octanol–water partition coefficient (Wildman–Crippen LogP) is 2.78. The lowest BCUT2D eigenvalue weighted by atomic mass is 9.91. The molecule has 0 aliphatic carbocycles. The summed E-state index contributed by atoms with van der Waals surface area (Å²) < 4.78 is 3.25. The van der Waals surface area contributed by atoms with Crippen LogP contribution in [-0.4, -0.2) is 53.7 Å². The van der Waals surface area contributed by atoms with Crippen molar-refractivity contribution in [2.75, 3.05) is 13.1 Å². The molecule has 1 N–H and O–H groups in total. The molecule has 1 amide bonds. The van der Waals surface area contributed by atoms with Crippen LogP contribution in [-0.2, 0) is 24.8 Å². The number of aliphatic hydroxyl groups is 1. The number of aromatic nitrogens is 4. The fourth-order valence-electron chi connectivity index (χ4n) is 4.75. The van der Waals surface area contributed by atoms with Crippen molar-refractivity contribution in [3.63, 3.8) is 0 Å². The van der Waals surface area contributed by atoms with Crippen molar-refractivity contribution < 1.29 is 9.90 Å². The van der Waals surface area contributed by atoms with Crippen LogP contribution >= 0.6 is 0 Å². The van der Waals surface area contributed by atoms with Gasteiger partial charge in [-0.15, -0.1) is 0 Å². The molecule has 5 rings (SSSR count). The van der Waals surface area contributed by atoms with Gasteiger partial charge in [0.1, 0.15) is 12.2 Å². The number of piperidine rings is 1. The third kappa shape index (κ3) is 4.74. The van der Waals surface area contributed by atoms with Gasteiger partial charge in [-0.2, -0.15) is 0 Å². The van der Waals surface area contributed by atoms with Crippen LogP contribution in [0.3, 0.4) is 0 Å². The van der Waals surface area contributed by atoms with Gasteiger partial charge in [0.25, 0.3) is 5.56 Å². The number of carbonyl (C=O) groups excluding carboxylic acids is 1. The molecule has 1 aliphatic heterocycles. The number of benzene rings is 2. The van der Waals surface area contributed by atoms with E-state index in [-0.39, 0.29) is 23.5 Å². The van der Waals surface area contributed by atoms with Gasteiger partial charge in [0.15, 0.2) is 11.2 Å². The van der Waals surface area contributed by atoms with Crippen molar-refractivity contribution in [3.8, 4) is 11.4 Å². The minimum absolute atomic E-state index is 0.0954. The Labute approximate surface area is 203 Å². The molecule has 2 aromatic heterocycles. The van der Waals surface area contributed by atoms with Crippen molar-refractivity contribution in [1.29, 1.82) is 0 Å². The molecule has 0 atom stereocenters. The Morgan fingerprint density at radius 2 is 1.69 bits per heavy atom. The fourth-order valence-corrected chi connectivity index (χ4v) is 4.75. The third-order valence-electron chi connectivity index (χ3n) is 6.86. The first-order chi connectivity index (χ1) is 16.9. The minimum Gasteiger partial charge on any atom is -0.388 e. The average molecular weight is 472 g/mol. The van der Waals surface area contributed by atoms with E-state index < -0.39 is 5.60 Å². The molecule has 0 unspecified atom stereocenters. The van der Waals surface area contributed by atoms with Gasteiger partial charge >= 0.3 is 0 Å². The Kier molecular flexibility index (Phi) is 6.21. The molecule has 8 nitrogen and oxygen atoms in total. The van der Waals surface area contributed by atoms with E-state index in [9.17, 15) is 14.7 Å². The largest absolute Gasteiger partial charge is 0.388 e. The summed E-state index contributed by atoms with van der Waals surface area (Å²) >= 11 is 0. The van der Waals surface area contributed by atoms with Crippen LogP contribution in [0.4, 0.5) is 0 Å². The van der Waals surface area contributed by atoms with Crippen LogP contribution in [0.25, 0.3) is 22.6 Å². The molecule has 1 aliphatic rings. The second kappa shape index (κ2) is 9.46. The SMILES string of the molecule is Cn1c(-c2ccccc2)nc2c(=O)n(CC3(O)CCN(C(=O)CCc4ccccc4)CC3)cnc21. The highest BCUT2D eigenvalue weighted by Crippen LogP contribution is 2.25. The highest BCUT2D eigenvalue weighted by atomic mass is 16.3. The number of nitrogens with zero attached hydrogens (tertiary/aromatic N) is 5. The Balaban J connectivity index is 1.26. The molecule has 3 heterocycles. The lowest BCUT2D eigenvalue weighted by molar-refractivity contribution is -0.135. The topological polar surface area (TPSA) is 93.2 Å². The Hall–Kier alpha value is -3.78. The number of imidazole rings is 1. The van der Waals surface area contributed by atoms with Gasteiger partial charge in [-0.25, -0.2) is 9.97 Å². The monoisotopic (exact) mass is 471 g/mol. The number of likely N-dealkylation sites (tertiary alicyclic amines) is 1. The van der Waals surface area contributed by atoms with E-state index in [0.717, 1.165) is 11.1 Å². The highest BCUT2D eigenvalue weighted by Gasteiger charge is 2.34. The van der Waals surface area contributed by atoms with E-state index in [1.54, 1.807) is 0 Å². The van der Waals surface area contributed by atoms with Crippen LogP contribution < -0.4 is 5.56 Å². The second-order valence-electron chi connectivity index (χ2n) is 9.30. The quantitative estimate of drug-likeness (QED) is 0.467. The lowest BCUT2D eigenvalue weighted by Gasteiger charge is -2.38. The first-order valence-electron chi connectivity index (χ1n) is 11.9.